The lowest BCUT2D eigenvalue weighted by atomic mass is 10.1. The van der Waals surface area contributed by atoms with Crippen molar-refractivity contribution >= 4 is 40.3 Å². The normalized spacial score (nSPS) is 13.4. The second-order valence-electron chi connectivity index (χ2n) is 8.57. The first-order valence-electron chi connectivity index (χ1n) is 12.2. The van der Waals surface area contributed by atoms with E-state index >= 15 is 0 Å². The molecule has 0 amide bonds. The third kappa shape index (κ3) is 5.14. The van der Waals surface area contributed by atoms with Gasteiger partial charge in [-0.05, 0) is 68.5 Å². The molecule has 0 unspecified atom stereocenters. The van der Waals surface area contributed by atoms with E-state index in [9.17, 15) is 0 Å². The monoisotopic (exact) mass is 457 g/mol. The fourth-order valence-electron chi connectivity index (χ4n) is 4.24. The Labute approximate surface area is 202 Å². The van der Waals surface area contributed by atoms with Gasteiger partial charge in [0.1, 0.15) is 0 Å². The van der Waals surface area contributed by atoms with E-state index in [2.05, 4.69) is 53.6 Å². The van der Waals surface area contributed by atoms with Gasteiger partial charge in [-0.3, -0.25) is 4.57 Å². The third-order valence-electron chi connectivity index (χ3n) is 5.90. The van der Waals surface area contributed by atoms with Crippen LogP contribution in [-0.2, 0) is 7.05 Å². The first-order valence-corrected chi connectivity index (χ1v) is 12.2. The van der Waals surface area contributed by atoms with Crippen molar-refractivity contribution in [3.8, 4) is 0 Å². The van der Waals surface area contributed by atoms with Gasteiger partial charge in [0, 0.05) is 31.5 Å². The SMILES string of the molecule is CC.Cc1cccc(Nc2nc(N3CCCCC3)c3nc(Nc4cccc(C)c4)n(C)c3n2)c1. The van der Waals surface area contributed by atoms with Gasteiger partial charge in [-0.15, -0.1) is 0 Å². The molecule has 0 atom stereocenters. The number of imidazole rings is 1. The second-order valence-corrected chi connectivity index (χ2v) is 8.57. The Morgan fingerprint density at radius 3 is 2.00 bits per heavy atom. The predicted octanol–water partition coefficient (Wildman–Crippen LogP) is 6.48. The van der Waals surface area contributed by atoms with Gasteiger partial charge in [0.15, 0.2) is 17.0 Å². The Hall–Kier alpha value is -3.61. The molecule has 0 radical (unpaired) electrons. The minimum Gasteiger partial charge on any atom is -0.355 e. The number of aryl methyl sites for hydroxylation is 3. The summed E-state index contributed by atoms with van der Waals surface area (Å²) in [6, 6.07) is 16.5. The summed E-state index contributed by atoms with van der Waals surface area (Å²) in [7, 11) is 2.00. The number of nitrogens with zero attached hydrogens (tertiary/aromatic N) is 5. The van der Waals surface area contributed by atoms with Crippen LogP contribution in [0.3, 0.4) is 0 Å². The number of piperidine rings is 1. The van der Waals surface area contributed by atoms with Gasteiger partial charge in [-0.2, -0.15) is 9.97 Å². The number of aromatic nitrogens is 4. The maximum Gasteiger partial charge on any atom is 0.231 e. The van der Waals surface area contributed by atoms with Crippen LogP contribution in [0.2, 0.25) is 0 Å². The van der Waals surface area contributed by atoms with Crippen molar-refractivity contribution in [3.05, 3.63) is 59.7 Å². The highest BCUT2D eigenvalue weighted by Crippen LogP contribution is 2.31. The molecule has 34 heavy (non-hydrogen) atoms. The van der Waals surface area contributed by atoms with Crippen molar-refractivity contribution in [2.24, 2.45) is 7.05 Å². The van der Waals surface area contributed by atoms with Gasteiger partial charge in [-0.1, -0.05) is 38.1 Å². The number of hydrogen-bond donors (Lipinski definition) is 2. The molecule has 1 aliphatic heterocycles. The van der Waals surface area contributed by atoms with Crippen molar-refractivity contribution in [3.63, 3.8) is 0 Å². The van der Waals surface area contributed by atoms with Crippen LogP contribution >= 0.6 is 0 Å². The van der Waals surface area contributed by atoms with Gasteiger partial charge in [0.25, 0.3) is 0 Å². The molecule has 1 fully saturated rings. The summed E-state index contributed by atoms with van der Waals surface area (Å²) >= 11 is 0. The molecule has 7 heteroatoms. The number of anilines is 5. The maximum atomic E-state index is 4.93. The molecule has 4 aromatic rings. The van der Waals surface area contributed by atoms with E-state index in [1.807, 2.05) is 49.7 Å². The second kappa shape index (κ2) is 10.5. The Bertz CT molecular complexity index is 1260. The first-order chi connectivity index (χ1) is 16.6. The molecule has 0 bridgehead atoms. The van der Waals surface area contributed by atoms with Gasteiger partial charge in [0.05, 0.1) is 0 Å². The van der Waals surface area contributed by atoms with Gasteiger partial charge in [-0.25, -0.2) is 4.98 Å². The van der Waals surface area contributed by atoms with Crippen molar-refractivity contribution < 1.29 is 0 Å². The van der Waals surface area contributed by atoms with Gasteiger partial charge < -0.3 is 15.5 Å². The van der Waals surface area contributed by atoms with E-state index in [0.29, 0.717) is 5.95 Å². The molecule has 2 N–H and O–H groups in total. The van der Waals surface area contributed by atoms with E-state index in [1.165, 1.54) is 30.4 Å². The molecule has 2 aromatic carbocycles. The number of fused-ring (bicyclic) bond motifs is 1. The van der Waals surface area contributed by atoms with Crippen LogP contribution in [0.1, 0.15) is 44.2 Å². The number of hydrogen-bond acceptors (Lipinski definition) is 6. The molecule has 1 aliphatic rings. The maximum absolute atomic E-state index is 4.93. The lowest BCUT2D eigenvalue weighted by Crippen LogP contribution is -2.30. The fourth-order valence-corrected chi connectivity index (χ4v) is 4.24. The summed E-state index contributed by atoms with van der Waals surface area (Å²) in [5, 5.41) is 6.85. The molecule has 0 saturated carbocycles. The van der Waals surface area contributed by atoms with E-state index in [4.69, 9.17) is 15.0 Å². The zero-order chi connectivity index (χ0) is 24.1. The third-order valence-corrected chi connectivity index (χ3v) is 5.90. The van der Waals surface area contributed by atoms with E-state index < -0.39 is 0 Å². The number of nitrogens with one attached hydrogen (secondary N) is 2. The minimum absolute atomic E-state index is 0.591. The fraction of sp³-hybridized carbons (Fsp3) is 0.370. The molecular weight excluding hydrogens is 422 g/mol. The van der Waals surface area contributed by atoms with Crippen LogP contribution in [-0.4, -0.2) is 32.6 Å². The topological polar surface area (TPSA) is 70.9 Å². The van der Waals surface area contributed by atoms with Gasteiger partial charge in [0.2, 0.25) is 11.9 Å². The first kappa shape index (κ1) is 23.5. The van der Waals surface area contributed by atoms with E-state index in [0.717, 1.165) is 47.4 Å². The van der Waals surface area contributed by atoms with Crippen molar-refractivity contribution in [2.45, 2.75) is 47.0 Å². The number of rotatable bonds is 5. The predicted molar refractivity (Wildman–Crippen MR) is 143 cm³/mol. The Kier molecular flexibility index (Phi) is 7.30. The van der Waals surface area contributed by atoms with Crippen molar-refractivity contribution in [1.29, 1.82) is 0 Å². The summed E-state index contributed by atoms with van der Waals surface area (Å²) in [5.41, 5.74) is 6.03. The molecule has 0 spiro atoms. The van der Waals surface area contributed by atoms with E-state index in [1.54, 1.807) is 0 Å². The van der Waals surface area contributed by atoms with Crippen LogP contribution in [0.4, 0.5) is 29.1 Å². The van der Waals surface area contributed by atoms with Crippen LogP contribution < -0.4 is 15.5 Å². The molecular formula is C27H35N7. The van der Waals surface area contributed by atoms with Crippen LogP contribution in [0.25, 0.3) is 11.2 Å². The molecule has 1 saturated heterocycles. The average molecular weight is 458 g/mol. The summed E-state index contributed by atoms with van der Waals surface area (Å²) < 4.78 is 2.01. The molecule has 3 heterocycles. The lowest BCUT2D eigenvalue weighted by Gasteiger charge is -2.28. The average Bonchev–Trinajstić information content (AvgIpc) is 3.16. The molecule has 7 nitrogen and oxygen atoms in total. The highest BCUT2D eigenvalue weighted by atomic mass is 15.3. The minimum atomic E-state index is 0.591. The molecule has 5 rings (SSSR count). The molecule has 0 aliphatic carbocycles. The van der Waals surface area contributed by atoms with Crippen LogP contribution in [0, 0.1) is 13.8 Å². The molecule has 178 valence electrons. The lowest BCUT2D eigenvalue weighted by molar-refractivity contribution is 0.574. The van der Waals surface area contributed by atoms with Gasteiger partial charge >= 0.3 is 0 Å². The standard InChI is InChI=1S/C25H29N7.C2H6/c1-17-9-7-11-19(15-17)26-24-29-22-21(23(30-24)32-13-5-4-6-14-32)28-25(31(22)3)27-20-12-8-10-18(2)16-20;1-2/h7-12,15-16H,4-6,13-14H2,1-3H3,(H,27,28)(H,26,29,30);1-2H3. The van der Waals surface area contributed by atoms with Crippen LogP contribution in [0.5, 0.6) is 0 Å². The largest absolute Gasteiger partial charge is 0.355 e. The summed E-state index contributed by atoms with van der Waals surface area (Å²) in [6.07, 6.45) is 3.61. The molecule has 2 aromatic heterocycles. The Morgan fingerprint density at radius 2 is 1.38 bits per heavy atom. The number of benzene rings is 2. The Balaban J connectivity index is 0.00000133. The Morgan fingerprint density at radius 1 is 0.765 bits per heavy atom. The highest BCUT2D eigenvalue weighted by molar-refractivity contribution is 5.88. The zero-order valence-corrected chi connectivity index (χ0v) is 20.9. The van der Waals surface area contributed by atoms with Crippen molar-refractivity contribution in [2.75, 3.05) is 28.6 Å². The van der Waals surface area contributed by atoms with E-state index in [-0.39, 0.29) is 0 Å². The smallest absolute Gasteiger partial charge is 0.231 e. The summed E-state index contributed by atoms with van der Waals surface area (Å²) in [6.45, 7) is 10.2. The zero-order valence-electron chi connectivity index (χ0n) is 20.9. The highest BCUT2D eigenvalue weighted by Gasteiger charge is 2.22. The van der Waals surface area contributed by atoms with Crippen LogP contribution in [0.15, 0.2) is 48.5 Å². The summed E-state index contributed by atoms with van der Waals surface area (Å²) in [5.74, 6) is 2.25. The quantitative estimate of drug-likeness (QED) is 0.357. The summed E-state index contributed by atoms with van der Waals surface area (Å²) in [4.78, 5) is 17.0. The van der Waals surface area contributed by atoms with Crippen molar-refractivity contribution in [1.82, 2.24) is 19.5 Å².